The van der Waals surface area contributed by atoms with Crippen molar-refractivity contribution >= 4 is 27.3 Å². The third kappa shape index (κ3) is 4.24. The zero-order valence-corrected chi connectivity index (χ0v) is 18.2. The lowest BCUT2D eigenvalue weighted by atomic mass is 10.1. The molecule has 0 radical (unpaired) electrons. The van der Waals surface area contributed by atoms with E-state index >= 15 is 0 Å². The molecule has 0 saturated carbocycles. The van der Waals surface area contributed by atoms with E-state index < -0.39 is 27.9 Å². The number of rotatable bonds is 5. The Labute approximate surface area is 185 Å². The summed E-state index contributed by atoms with van der Waals surface area (Å²) in [6.07, 6.45) is -1.11. The topological polar surface area (TPSA) is 84.9 Å². The molecule has 3 aromatic rings. The monoisotopic (exact) mass is 456 g/mol. The molecular formula is C23H21FN2O5S. The number of methoxy groups -OCH3 is 1. The fourth-order valence-corrected chi connectivity index (χ4v) is 4.83. The molecule has 1 unspecified atom stereocenters. The highest BCUT2D eigenvalue weighted by molar-refractivity contribution is 7.92. The molecule has 1 heterocycles. The Morgan fingerprint density at radius 1 is 1.09 bits per heavy atom. The molecule has 0 spiro atoms. The van der Waals surface area contributed by atoms with E-state index in [1.54, 1.807) is 30.3 Å². The van der Waals surface area contributed by atoms with Gasteiger partial charge in [-0.05, 0) is 73.2 Å². The third-order valence-electron chi connectivity index (χ3n) is 5.04. The van der Waals surface area contributed by atoms with Crippen molar-refractivity contribution in [1.29, 1.82) is 0 Å². The van der Waals surface area contributed by atoms with E-state index in [2.05, 4.69) is 5.32 Å². The number of halogens is 1. The Morgan fingerprint density at radius 3 is 2.44 bits per heavy atom. The first kappa shape index (κ1) is 21.6. The summed E-state index contributed by atoms with van der Waals surface area (Å²) in [5.41, 5.74) is 1.57. The minimum absolute atomic E-state index is 0.0596. The number of carbonyl (C=O) groups excluding carboxylic acids is 1. The molecule has 1 aliphatic rings. The van der Waals surface area contributed by atoms with Crippen molar-refractivity contribution in [1.82, 2.24) is 0 Å². The molecule has 7 nitrogen and oxygen atoms in total. The lowest BCUT2D eigenvalue weighted by molar-refractivity contribution is -0.122. The fourth-order valence-electron chi connectivity index (χ4n) is 3.36. The molecule has 166 valence electrons. The van der Waals surface area contributed by atoms with Crippen LogP contribution in [0.25, 0.3) is 0 Å². The van der Waals surface area contributed by atoms with Gasteiger partial charge in [-0.1, -0.05) is 6.07 Å². The van der Waals surface area contributed by atoms with E-state index in [0.29, 0.717) is 17.1 Å². The van der Waals surface area contributed by atoms with Gasteiger partial charge in [0.25, 0.3) is 15.9 Å². The van der Waals surface area contributed by atoms with Gasteiger partial charge < -0.3 is 14.8 Å². The summed E-state index contributed by atoms with van der Waals surface area (Å²) in [5.74, 6) is -0.164. The van der Waals surface area contributed by atoms with Crippen molar-refractivity contribution in [2.45, 2.75) is 17.9 Å². The number of carbonyl (C=O) groups is 1. The maximum absolute atomic E-state index is 13.5. The number of benzene rings is 3. The van der Waals surface area contributed by atoms with Gasteiger partial charge in [-0.15, -0.1) is 0 Å². The van der Waals surface area contributed by atoms with Crippen LogP contribution in [0.3, 0.4) is 0 Å². The number of hydrogen-bond acceptors (Lipinski definition) is 5. The Morgan fingerprint density at radius 2 is 1.78 bits per heavy atom. The molecule has 9 heteroatoms. The predicted molar refractivity (Wildman–Crippen MR) is 118 cm³/mol. The Balaban J connectivity index is 1.68. The SMILES string of the molecule is COc1ccc(S(=O)(=O)N2CC(C(=O)Nc3ccc(F)cc3)Oc3cc(C)ccc32)cc1. The molecule has 1 aliphatic heterocycles. The summed E-state index contributed by atoms with van der Waals surface area (Å²) in [7, 11) is -2.50. The zero-order chi connectivity index (χ0) is 22.9. The Kier molecular flexibility index (Phi) is 5.75. The molecule has 0 aliphatic carbocycles. The van der Waals surface area contributed by atoms with Crippen LogP contribution < -0.4 is 19.1 Å². The fraction of sp³-hybridized carbons (Fsp3) is 0.174. The molecule has 4 rings (SSSR count). The summed E-state index contributed by atoms with van der Waals surface area (Å²) in [6, 6.07) is 16.4. The van der Waals surface area contributed by atoms with Crippen molar-refractivity contribution < 1.29 is 27.1 Å². The molecule has 1 atom stereocenters. The predicted octanol–water partition coefficient (Wildman–Crippen LogP) is 3.74. The summed E-state index contributed by atoms with van der Waals surface area (Å²) >= 11 is 0. The van der Waals surface area contributed by atoms with Crippen molar-refractivity contribution in [3.63, 3.8) is 0 Å². The van der Waals surface area contributed by atoms with E-state index in [1.807, 2.05) is 6.92 Å². The second-order valence-corrected chi connectivity index (χ2v) is 9.15. The van der Waals surface area contributed by atoms with Crippen LogP contribution in [0.4, 0.5) is 15.8 Å². The summed E-state index contributed by atoms with van der Waals surface area (Å²) in [5, 5.41) is 2.64. The van der Waals surface area contributed by atoms with Crippen LogP contribution >= 0.6 is 0 Å². The van der Waals surface area contributed by atoms with Crippen molar-refractivity contribution in [3.8, 4) is 11.5 Å². The second-order valence-electron chi connectivity index (χ2n) is 7.29. The number of anilines is 2. The summed E-state index contributed by atoms with van der Waals surface area (Å²) in [6.45, 7) is 1.62. The Bertz CT molecular complexity index is 1240. The quantitative estimate of drug-likeness (QED) is 0.632. The van der Waals surface area contributed by atoms with E-state index in [1.165, 1.54) is 47.8 Å². The van der Waals surface area contributed by atoms with E-state index in [0.717, 1.165) is 5.56 Å². The highest BCUT2D eigenvalue weighted by Crippen LogP contribution is 2.38. The Hall–Kier alpha value is -3.59. The van der Waals surface area contributed by atoms with E-state index in [9.17, 15) is 17.6 Å². The summed E-state index contributed by atoms with van der Waals surface area (Å²) < 4.78 is 52.2. The van der Waals surface area contributed by atoms with E-state index in [-0.39, 0.29) is 17.2 Å². The molecule has 1 amide bonds. The lowest BCUT2D eigenvalue weighted by Crippen LogP contribution is -2.48. The third-order valence-corrected chi connectivity index (χ3v) is 6.83. The van der Waals surface area contributed by atoms with E-state index in [4.69, 9.17) is 9.47 Å². The number of sulfonamides is 1. The minimum Gasteiger partial charge on any atom is -0.497 e. The molecule has 0 bridgehead atoms. The smallest absolute Gasteiger partial charge is 0.267 e. The lowest BCUT2D eigenvalue weighted by Gasteiger charge is -2.35. The average molecular weight is 456 g/mol. The standard InChI is InChI=1S/C23H21FN2O5S/c1-15-3-12-20-21(13-15)31-22(23(27)25-17-6-4-16(24)5-7-17)14-26(20)32(28,29)19-10-8-18(30-2)9-11-19/h3-13,22H,14H2,1-2H3,(H,25,27). The van der Waals surface area contributed by atoms with Crippen LogP contribution in [-0.2, 0) is 14.8 Å². The number of hydrogen-bond donors (Lipinski definition) is 1. The van der Waals surface area contributed by atoms with Crippen LogP contribution in [0, 0.1) is 12.7 Å². The first-order chi connectivity index (χ1) is 15.3. The number of aryl methyl sites for hydroxylation is 1. The van der Waals surface area contributed by atoms with Crippen LogP contribution in [0.5, 0.6) is 11.5 Å². The molecule has 32 heavy (non-hydrogen) atoms. The van der Waals surface area contributed by atoms with Crippen molar-refractivity contribution in [3.05, 3.63) is 78.1 Å². The van der Waals surface area contributed by atoms with Crippen molar-refractivity contribution in [2.24, 2.45) is 0 Å². The number of fused-ring (bicyclic) bond motifs is 1. The van der Waals surface area contributed by atoms with Gasteiger partial charge in [0.2, 0.25) is 0 Å². The molecule has 1 N–H and O–H groups in total. The second kappa shape index (κ2) is 8.51. The highest BCUT2D eigenvalue weighted by atomic mass is 32.2. The summed E-state index contributed by atoms with van der Waals surface area (Å²) in [4.78, 5) is 12.9. The maximum Gasteiger partial charge on any atom is 0.267 e. The number of nitrogens with zero attached hydrogens (tertiary/aromatic N) is 1. The van der Waals surface area contributed by atoms with Gasteiger partial charge in [0.05, 0.1) is 24.2 Å². The van der Waals surface area contributed by atoms with Gasteiger partial charge in [0.15, 0.2) is 6.10 Å². The van der Waals surface area contributed by atoms with Gasteiger partial charge in [0.1, 0.15) is 17.3 Å². The number of amides is 1. The minimum atomic E-state index is -3.99. The molecule has 0 saturated heterocycles. The number of ether oxygens (including phenoxy) is 2. The molecule has 0 fully saturated rings. The van der Waals surface area contributed by atoms with Crippen LogP contribution in [0.15, 0.2) is 71.6 Å². The average Bonchev–Trinajstić information content (AvgIpc) is 2.79. The molecule has 3 aromatic carbocycles. The normalized spacial score (nSPS) is 15.5. The molecular weight excluding hydrogens is 435 g/mol. The first-order valence-electron chi connectivity index (χ1n) is 9.78. The van der Waals surface area contributed by atoms with Crippen LogP contribution in [0.1, 0.15) is 5.56 Å². The first-order valence-corrected chi connectivity index (χ1v) is 11.2. The van der Waals surface area contributed by atoms with Crippen LogP contribution in [-0.4, -0.2) is 34.1 Å². The van der Waals surface area contributed by atoms with Crippen LogP contribution in [0.2, 0.25) is 0 Å². The maximum atomic E-state index is 13.5. The van der Waals surface area contributed by atoms with Gasteiger partial charge in [-0.3, -0.25) is 9.10 Å². The molecule has 0 aromatic heterocycles. The highest BCUT2D eigenvalue weighted by Gasteiger charge is 2.37. The van der Waals surface area contributed by atoms with Gasteiger partial charge >= 0.3 is 0 Å². The zero-order valence-electron chi connectivity index (χ0n) is 17.4. The van der Waals surface area contributed by atoms with Gasteiger partial charge in [-0.25, -0.2) is 12.8 Å². The van der Waals surface area contributed by atoms with Gasteiger partial charge in [0, 0.05) is 5.69 Å². The largest absolute Gasteiger partial charge is 0.497 e. The van der Waals surface area contributed by atoms with Gasteiger partial charge in [-0.2, -0.15) is 0 Å². The van der Waals surface area contributed by atoms with Crippen molar-refractivity contribution in [2.75, 3.05) is 23.3 Å². The number of nitrogens with one attached hydrogen (secondary N) is 1.